The van der Waals surface area contributed by atoms with E-state index < -0.39 is 7.60 Å². The molecule has 0 saturated heterocycles. The predicted octanol–water partition coefficient (Wildman–Crippen LogP) is 2.43. The highest BCUT2D eigenvalue weighted by atomic mass is 31.2. The van der Waals surface area contributed by atoms with Gasteiger partial charge < -0.3 is 9.42 Å². The summed E-state index contributed by atoms with van der Waals surface area (Å²) < 4.78 is 17.2. The molecular formula is C13H8NO3P. The Bertz CT molecular complexity index is 733. The summed E-state index contributed by atoms with van der Waals surface area (Å²) in [5.74, 6) is 0.367. The van der Waals surface area contributed by atoms with Crippen LogP contribution in [0.2, 0.25) is 0 Å². The topological polar surface area (TPSA) is 70.3 Å². The average Bonchev–Trinajstić information content (AvgIpc) is 2.37. The first-order valence-electron chi connectivity index (χ1n) is 5.28. The van der Waals surface area contributed by atoms with Crippen LogP contribution in [0.5, 0.6) is 5.75 Å². The molecule has 0 bridgehead atoms. The zero-order chi connectivity index (χ0) is 12.8. The van der Waals surface area contributed by atoms with Gasteiger partial charge in [0.2, 0.25) is 0 Å². The highest BCUT2D eigenvalue weighted by Gasteiger charge is 2.34. The SMILES string of the molecule is N#Cc1ccc2c(c1)-c1ccccc1OP2(=O)O. The number of para-hydroxylation sites is 1. The number of fused-ring (bicyclic) bond motifs is 3. The Labute approximate surface area is 104 Å². The molecule has 2 aromatic carbocycles. The summed E-state index contributed by atoms with van der Waals surface area (Å²) in [5.41, 5.74) is 1.76. The van der Waals surface area contributed by atoms with Crippen molar-refractivity contribution in [3.8, 4) is 22.9 Å². The molecule has 0 saturated carbocycles. The van der Waals surface area contributed by atoms with E-state index in [1.54, 1.807) is 24.3 Å². The number of rotatable bonds is 0. The molecule has 4 nitrogen and oxygen atoms in total. The van der Waals surface area contributed by atoms with E-state index in [1.807, 2.05) is 12.1 Å². The zero-order valence-corrected chi connectivity index (χ0v) is 10.1. The molecule has 0 radical (unpaired) electrons. The molecule has 0 aliphatic carbocycles. The first-order valence-corrected chi connectivity index (χ1v) is 6.86. The van der Waals surface area contributed by atoms with Gasteiger partial charge in [0, 0.05) is 11.1 Å². The van der Waals surface area contributed by atoms with E-state index in [4.69, 9.17) is 9.79 Å². The zero-order valence-electron chi connectivity index (χ0n) is 9.20. The highest BCUT2D eigenvalue weighted by Crippen LogP contribution is 2.51. The standard InChI is InChI=1S/C13H8NO3P/c14-8-9-5-6-13-11(7-9)10-3-1-2-4-12(10)17-18(13,15)16/h1-7H,(H,15,16). The summed E-state index contributed by atoms with van der Waals surface area (Å²) in [5, 5.41) is 9.14. The Morgan fingerprint density at radius 2 is 1.94 bits per heavy atom. The maximum Gasteiger partial charge on any atom is 0.408 e. The first kappa shape index (κ1) is 11.0. The Morgan fingerprint density at radius 3 is 2.72 bits per heavy atom. The van der Waals surface area contributed by atoms with Crippen LogP contribution in [0.4, 0.5) is 0 Å². The van der Waals surface area contributed by atoms with E-state index in [0.29, 0.717) is 16.9 Å². The van der Waals surface area contributed by atoms with Gasteiger partial charge in [-0.2, -0.15) is 5.26 Å². The molecule has 1 heterocycles. The van der Waals surface area contributed by atoms with Gasteiger partial charge in [-0.3, -0.25) is 0 Å². The summed E-state index contributed by atoms with van der Waals surface area (Å²) in [7, 11) is -3.85. The van der Waals surface area contributed by atoms with Gasteiger partial charge in [-0.15, -0.1) is 0 Å². The summed E-state index contributed by atoms with van der Waals surface area (Å²) in [4.78, 5) is 9.89. The monoisotopic (exact) mass is 257 g/mol. The minimum absolute atomic E-state index is 0.236. The van der Waals surface area contributed by atoms with Crippen LogP contribution >= 0.6 is 7.60 Å². The van der Waals surface area contributed by atoms with E-state index in [2.05, 4.69) is 0 Å². The van der Waals surface area contributed by atoms with Crippen molar-refractivity contribution in [1.82, 2.24) is 0 Å². The Kier molecular flexibility index (Phi) is 2.27. The fourth-order valence-corrected chi connectivity index (χ4v) is 3.30. The second kappa shape index (κ2) is 3.71. The van der Waals surface area contributed by atoms with Crippen molar-refractivity contribution in [2.24, 2.45) is 0 Å². The van der Waals surface area contributed by atoms with Crippen LogP contribution in [0.15, 0.2) is 42.5 Å². The van der Waals surface area contributed by atoms with Crippen molar-refractivity contribution >= 4 is 12.9 Å². The summed E-state index contributed by atoms with van der Waals surface area (Å²) in [6.07, 6.45) is 0. The van der Waals surface area contributed by atoms with Gasteiger partial charge >= 0.3 is 7.60 Å². The van der Waals surface area contributed by atoms with Gasteiger partial charge in [-0.05, 0) is 24.3 Å². The molecule has 1 atom stereocenters. The van der Waals surface area contributed by atoms with E-state index >= 15 is 0 Å². The highest BCUT2D eigenvalue weighted by molar-refractivity contribution is 7.62. The number of hydrogen-bond acceptors (Lipinski definition) is 3. The molecule has 0 spiro atoms. The fraction of sp³-hybridized carbons (Fsp3) is 0. The average molecular weight is 257 g/mol. The van der Waals surface area contributed by atoms with E-state index in [-0.39, 0.29) is 5.30 Å². The summed E-state index contributed by atoms with van der Waals surface area (Å²) in [6.45, 7) is 0. The fourth-order valence-electron chi connectivity index (χ4n) is 2.02. The van der Waals surface area contributed by atoms with Crippen LogP contribution in [0, 0.1) is 11.3 Å². The van der Waals surface area contributed by atoms with Crippen LogP contribution in [0.1, 0.15) is 5.56 Å². The second-order valence-electron chi connectivity index (χ2n) is 3.95. The smallest absolute Gasteiger partial charge is 0.408 e. The molecule has 0 fully saturated rings. The number of benzene rings is 2. The first-order chi connectivity index (χ1) is 8.62. The third-order valence-electron chi connectivity index (χ3n) is 2.83. The number of hydrogen-bond donors (Lipinski definition) is 1. The van der Waals surface area contributed by atoms with Gasteiger partial charge in [-0.1, -0.05) is 18.2 Å². The minimum atomic E-state index is -3.85. The number of nitrogens with zero attached hydrogens (tertiary/aromatic N) is 1. The van der Waals surface area contributed by atoms with Crippen molar-refractivity contribution in [1.29, 1.82) is 5.26 Å². The quantitative estimate of drug-likeness (QED) is 0.736. The van der Waals surface area contributed by atoms with Gasteiger partial charge in [0.15, 0.2) is 0 Å². The van der Waals surface area contributed by atoms with Crippen molar-refractivity contribution in [3.05, 3.63) is 48.0 Å². The lowest BCUT2D eigenvalue weighted by Crippen LogP contribution is -2.17. The predicted molar refractivity (Wildman–Crippen MR) is 66.7 cm³/mol. The van der Waals surface area contributed by atoms with Crippen molar-refractivity contribution in [3.63, 3.8) is 0 Å². The summed E-state index contributed by atoms with van der Waals surface area (Å²) in [6, 6.07) is 13.6. The molecule has 5 heteroatoms. The maximum atomic E-state index is 12.1. The van der Waals surface area contributed by atoms with Gasteiger partial charge in [0.1, 0.15) is 5.75 Å². The lowest BCUT2D eigenvalue weighted by Gasteiger charge is -2.24. The Morgan fingerprint density at radius 1 is 1.17 bits per heavy atom. The van der Waals surface area contributed by atoms with Crippen molar-refractivity contribution in [2.75, 3.05) is 0 Å². The van der Waals surface area contributed by atoms with E-state index in [9.17, 15) is 9.46 Å². The van der Waals surface area contributed by atoms with Crippen LogP contribution in [0.3, 0.4) is 0 Å². The molecule has 0 amide bonds. The molecule has 1 aliphatic rings. The van der Waals surface area contributed by atoms with Crippen LogP contribution < -0.4 is 9.83 Å². The van der Waals surface area contributed by atoms with Crippen LogP contribution in [-0.2, 0) is 4.57 Å². The summed E-state index contributed by atoms with van der Waals surface area (Å²) >= 11 is 0. The van der Waals surface area contributed by atoms with E-state index in [0.717, 1.165) is 5.56 Å². The van der Waals surface area contributed by atoms with Gasteiger partial charge in [-0.25, -0.2) is 4.57 Å². The molecule has 18 heavy (non-hydrogen) atoms. The molecule has 3 rings (SSSR count). The van der Waals surface area contributed by atoms with Gasteiger partial charge in [0.05, 0.1) is 16.9 Å². The lowest BCUT2D eigenvalue weighted by atomic mass is 10.0. The van der Waals surface area contributed by atoms with Crippen molar-refractivity contribution in [2.45, 2.75) is 0 Å². The minimum Gasteiger partial charge on any atom is -0.421 e. The number of nitriles is 1. The Hall–Kier alpha value is -2.08. The molecule has 88 valence electrons. The molecule has 1 aliphatic heterocycles. The molecular weight excluding hydrogens is 249 g/mol. The second-order valence-corrected chi connectivity index (χ2v) is 5.66. The molecule has 0 aromatic heterocycles. The maximum absolute atomic E-state index is 12.1. The largest absolute Gasteiger partial charge is 0.421 e. The van der Waals surface area contributed by atoms with Crippen LogP contribution in [-0.4, -0.2) is 4.89 Å². The van der Waals surface area contributed by atoms with Crippen molar-refractivity contribution < 1.29 is 14.0 Å². The Balaban J connectivity index is 2.37. The molecule has 1 unspecified atom stereocenters. The normalized spacial score (nSPS) is 20.2. The van der Waals surface area contributed by atoms with E-state index in [1.165, 1.54) is 12.1 Å². The third kappa shape index (κ3) is 1.53. The van der Waals surface area contributed by atoms with Gasteiger partial charge in [0.25, 0.3) is 0 Å². The third-order valence-corrected chi connectivity index (χ3v) is 4.27. The molecule has 1 N–H and O–H groups in total. The lowest BCUT2D eigenvalue weighted by molar-refractivity contribution is 0.392. The molecule has 2 aromatic rings. The van der Waals surface area contributed by atoms with Crippen LogP contribution in [0.25, 0.3) is 11.1 Å².